The monoisotopic (exact) mass is 695 g/mol. The van der Waals surface area contributed by atoms with Crippen LogP contribution in [0.1, 0.15) is 56.1 Å². The molecule has 0 spiro atoms. The Balaban J connectivity index is 0.998. The number of hydrogen-bond donors (Lipinski definition) is 2. The Labute approximate surface area is 299 Å². The maximum atomic E-state index is 14.1. The average Bonchev–Trinajstić information content (AvgIpc) is 3.18. The number of aromatic nitrogens is 1. The second-order valence-corrected chi connectivity index (χ2v) is 14.2. The van der Waals surface area contributed by atoms with Gasteiger partial charge in [0.25, 0.3) is 5.56 Å². The minimum atomic E-state index is -0.917. The Bertz CT molecular complexity index is 1730. The minimum absolute atomic E-state index is 0.00207. The van der Waals surface area contributed by atoms with Crippen molar-refractivity contribution in [2.45, 2.75) is 82.8 Å². The van der Waals surface area contributed by atoms with Gasteiger partial charge in [-0.25, -0.2) is 9.59 Å². The minimum Gasteiger partial charge on any atom is -0.489 e. The van der Waals surface area contributed by atoms with Crippen molar-refractivity contribution in [3.05, 3.63) is 94.4 Å². The summed E-state index contributed by atoms with van der Waals surface area (Å²) in [6.45, 7) is 5.29. The van der Waals surface area contributed by atoms with Gasteiger partial charge in [0.05, 0.1) is 6.54 Å². The van der Waals surface area contributed by atoms with Gasteiger partial charge in [-0.1, -0.05) is 55.0 Å². The third kappa shape index (κ3) is 8.39. The van der Waals surface area contributed by atoms with E-state index >= 15 is 0 Å². The van der Waals surface area contributed by atoms with Crippen molar-refractivity contribution < 1.29 is 19.1 Å². The van der Waals surface area contributed by atoms with Crippen LogP contribution in [0.25, 0.3) is 0 Å². The van der Waals surface area contributed by atoms with Gasteiger partial charge < -0.3 is 39.5 Å². The van der Waals surface area contributed by atoms with Crippen LogP contribution in [-0.4, -0.2) is 99.5 Å². The number of benzene rings is 2. The molecule has 1 unspecified atom stereocenters. The smallest absolute Gasteiger partial charge is 0.322 e. The van der Waals surface area contributed by atoms with Gasteiger partial charge in [-0.15, -0.1) is 0 Å². The first-order valence-electron chi connectivity index (χ1n) is 18.5. The average molecular weight is 696 g/mol. The zero-order valence-electron chi connectivity index (χ0n) is 29.3. The van der Waals surface area contributed by atoms with E-state index in [0.717, 1.165) is 42.7 Å². The van der Waals surface area contributed by atoms with Crippen LogP contribution in [-0.2, 0) is 24.5 Å². The molecular formula is C39H49N7O5. The fraction of sp³-hybridized carbons (Fsp3) is 0.487. The summed E-state index contributed by atoms with van der Waals surface area (Å²) in [6.07, 6.45) is 8.46. The quantitative estimate of drug-likeness (QED) is 0.341. The van der Waals surface area contributed by atoms with Crippen LogP contribution < -0.4 is 20.9 Å². The number of rotatable bonds is 9. The first-order chi connectivity index (χ1) is 24.9. The number of urea groups is 2. The molecule has 51 heavy (non-hydrogen) atoms. The maximum Gasteiger partial charge on any atom is 0.322 e. The molecule has 5 heterocycles. The van der Waals surface area contributed by atoms with Crippen molar-refractivity contribution in [1.29, 1.82) is 0 Å². The van der Waals surface area contributed by atoms with Gasteiger partial charge in [0.1, 0.15) is 18.4 Å². The van der Waals surface area contributed by atoms with Gasteiger partial charge in [0.2, 0.25) is 5.91 Å². The Morgan fingerprint density at radius 1 is 0.804 bits per heavy atom. The van der Waals surface area contributed by atoms with Gasteiger partial charge >= 0.3 is 12.1 Å². The SMILES string of the molecule is O=C(NC(Cn1ccc(OCc2ccccc2)cc1=O)C(=O)N1CCC(N2CCCCC2)CC1)N1CCC(N2Cc3ccccc3NC2=O)CC1. The molecular weight excluding hydrogens is 646 g/mol. The molecule has 4 aliphatic rings. The fourth-order valence-electron chi connectivity index (χ4n) is 7.95. The van der Waals surface area contributed by atoms with Gasteiger partial charge in [0.15, 0.2) is 0 Å². The molecule has 7 rings (SSSR count). The predicted octanol–water partition coefficient (Wildman–Crippen LogP) is 4.49. The third-order valence-corrected chi connectivity index (χ3v) is 10.9. The summed E-state index contributed by atoms with van der Waals surface area (Å²) >= 11 is 0. The lowest BCUT2D eigenvalue weighted by molar-refractivity contribution is -0.135. The summed E-state index contributed by atoms with van der Waals surface area (Å²) < 4.78 is 7.33. The third-order valence-electron chi connectivity index (χ3n) is 10.9. The Morgan fingerprint density at radius 2 is 1.49 bits per heavy atom. The van der Waals surface area contributed by atoms with Crippen molar-refractivity contribution in [2.24, 2.45) is 0 Å². The van der Waals surface area contributed by atoms with Crippen molar-refractivity contribution in [2.75, 3.05) is 44.6 Å². The van der Waals surface area contributed by atoms with Crippen LogP contribution in [0.15, 0.2) is 77.7 Å². The normalized spacial score (nSPS) is 19.6. The fourth-order valence-corrected chi connectivity index (χ4v) is 7.95. The Hall–Kier alpha value is -4.84. The standard InChI is InChI=1S/C39H49N7O5/c47-36-25-33(51-28-29-9-3-1-4-10-29)17-24-45(36)27-35(37(48)43-20-13-31(14-21-43)42-18-7-2-8-19-42)41-38(49)44-22-15-32(16-23-44)46-26-30-11-5-6-12-34(30)40-39(46)50/h1,3-6,9-12,17,24-25,31-32,35H,2,7-8,13-16,18-23,26-28H2,(H,40,50)(H,41,49). The topological polar surface area (TPSA) is 119 Å². The summed E-state index contributed by atoms with van der Waals surface area (Å²) in [5.41, 5.74) is 2.60. The molecule has 0 radical (unpaired) electrons. The maximum absolute atomic E-state index is 14.1. The van der Waals surface area contributed by atoms with Gasteiger partial charge in [-0.05, 0) is 74.9 Å². The molecule has 1 aromatic heterocycles. The van der Waals surface area contributed by atoms with Crippen LogP contribution in [0.5, 0.6) is 5.75 Å². The summed E-state index contributed by atoms with van der Waals surface area (Å²) in [4.78, 5) is 62.1. The molecule has 2 N–H and O–H groups in total. The molecule has 12 nitrogen and oxygen atoms in total. The van der Waals surface area contributed by atoms with E-state index < -0.39 is 6.04 Å². The second-order valence-electron chi connectivity index (χ2n) is 14.2. The molecule has 0 bridgehead atoms. The van der Waals surface area contributed by atoms with E-state index in [0.29, 0.717) is 64.0 Å². The molecule has 12 heteroatoms. The molecule has 3 aromatic rings. The summed E-state index contributed by atoms with van der Waals surface area (Å²) in [6, 6.07) is 19.8. The van der Waals surface area contributed by atoms with E-state index in [9.17, 15) is 19.2 Å². The molecule has 0 saturated carbocycles. The number of anilines is 1. The van der Waals surface area contributed by atoms with E-state index in [2.05, 4.69) is 15.5 Å². The Kier molecular flexibility index (Phi) is 10.9. The van der Waals surface area contributed by atoms with Crippen LogP contribution >= 0.6 is 0 Å². The van der Waals surface area contributed by atoms with Gasteiger partial charge in [0, 0.05) is 62.8 Å². The number of ether oxygens (including phenoxy) is 1. The lowest BCUT2D eigenvalue weighted by atomic mass is 9.99. The lowest BCUT2D eigenvalue weighted by Gasteiger charge is -2.42. The zero-order chi connectivity index (χ0) is 35.2. The van der Waals surface area contributed by atoms with Gasteiger partial charge in [-0.2, -0.15) is 0 Å². The molecule has 3 saturated heterocycles. The van der Waals surface area contributed by atoms with Crippen molar-refractivity contribution in [3.63, 3.8) is 0 Å². The molecule has 1 atom stereocenters. The number of carbonyl (C=O) groups is 3. The largest absolute Gasteiger partial charge is 0.489 e. The Morgan fingerprint density at radius 3 is 2.24 bits per heavy atom. The number of piperidine rings is 3. The lowest BCUT2D eigenvalue weighted by Crippen LogP contribution is -2.58. The highest BCUT2D eigenvalue weighted by molar-refractivity contribution is 5.92. The first-order valence-corrected chi connectivity index (χ1v) is 18.5. The summed E-state index contributed by atoms with van der Waals surface area (Å²) in [7, 11) is 0. The zero-order valence-corrected chi connectivity index (χ0v) is 29.3. The number of hydrogen-bond acceptors (Lipinski definition) is 6. The highest BCUT2D eigenvalue weighted by atomic mass is 16.5. The molecule has 2 aromatic carbocycles. The van der Waals surface area contributed by atoms with E-state index in [1.54, 1.807) is 17.2 Å². The molecule has 4 aliphatic heterocycles. The molecule has 5 amide bonds. The van der Waals surface area contributed by atoms with Crippen LogP contribution in [0.4, 0.5) is 15.3 Å². The summed E-state index contributed by atoms with van der Waals surface area (Å²) in [5.74, 6) is 0.274. The molecule has 270 valence electrons. The summed E-state index contributed by atoms with van der Waals surface area (Å²) in [5, 5.41) is 6.00. The molecule has 3 fully saturated rings. The van der Waals surface area contributed by atoms with Crippen LogP contribution in [0.3, 0.4) is 0 Å². The van der Waals surface area contributed by atoms with Crippen molar-refractivity contribution >= 4 is 23.7 Å². The van der Waals surface area contributed by atoms with Crippen molar-refractivity contribution in [3.8, 4) is 5.75 Å². The van der Waals surface area contributed by atoms with E-state index in [1.165, 1.54) is 29.9 Å². The van der Waals surface area contributed by atoms with Crippen LogP contribution in [0, 0.1) is 0 Å². The van der Waals surface area contributed by atoms with E-state index in [4.69, 9.17) is 4.74 Å². The highest BCUT2D eigenvalue weighted by Gasteiger charge is 2.36. The van der Waals surface area contributed by atoms with E-state index in [1.807, 2.05) is 64.4 Å². The van der Waals surface area contributed by atoms with Gasteiger partial charge in [-0.3, -0.25) is 9.59 Å². The van der Waals surface area contributed by atoms with Crippen LogP contribution in [0.2, 0.25) is 0 Å². The van der Waals surface area contributed by atoms with Crippen molar-refractivity contribution in [1.82, 2.24) is 29.5 Å². The second kappa shape index (κ2) is 16.0. The number of amides is 5. The van der Waals surface area contributed by atoms with E-state index in [-0.39, 0.29) is 36.1 Å². The number of pyridine rings is 1. The number of nitrogens with zero attached hydrogens (tertiary/aromatic N) is 5. The number of carbonyl (C=O) groups excluding carboxylic acids is 3. The number of likely N-dealkylation sites (tertiary alicyclic amines) is 3. The number of nitrogens with one attached hydrogen (secondary N) is 2. The number of para-hydroxylation sites is 1. The number of fused-ring (bicyclic) bond motifs is 1. The predicted molar refractivity (Wildman–Crippen MR) is 194 cm³/mol. The first kappa shape index (κ1) is 34.6. The molecule has 0 aliphatic carbocycles. The highest BCUT2D eigenvalue weighted by Crippen LogP contribution is 2.28.